The number of aliphatic carboxylic acids is 2. The van der Waals surface area contributed by atoms with Crippen molar-refractivity contribution in [2.24, 2.45) is 10.7 Å². The quantitative estimate of drug-likeness (QED) is 0.0202. The molecule has 7 rings (SSSR count). The van der Waals surface area contributed by atoms with Crippen molar-refractivity contribution in [2.75, 3.05) is 40.6 Å². The van der Waals surface area contributed by atoms with Gasteiger partial charge < -0.3 is 62.8 Å². The van der Waals surface area contributed by atoms with Crippen molar-refractivity contribution in [1.82, 2.24) is 35.9 Å². The van der Waals surface area contributed by atoms with Gasteiger partial charge in [0.15, 0.2) is 11.2 Å². The molecule has 25 heteroatoms. The Morgan fingerprint density at radius 2 is 1.81 bits per heavy atom. The number of carbonyl (C=O) groups is 5. The Morgan fingerprint density at radius 3 is 2.52 bits per heavy atom. The highest BCUT2D eigenvalue weighted by Crippen LogP contribution is 2.59. The van der Waals surface area contributed by atoms with E-state index in [4.69, 9.17) is 16.2 Å². The molecule has 3 aliphatic heterocycles. The molecule has 0 radical (unpaired) electrons. The van der Waals surface area contributed by atoms with E-state index >= 15 is 0 Å². The summed E-state index contributed by atoms with van der Waals surface area (Å²) < 4.78 is 5.13. The molecule has 0 bridgehead atoms. The van der Waals surface area contributed by atoms with Crippen LogP contribution < -0.4 is 43.2 Å². The van der Waals surface area contributed by atoms with Crippen molar-refractivity contribution in [3.63, 3.8) is 0 Å². The zero-order chi connectivity index (χ0) is 45.1. The van der Waals surface area contributed by atoms with Gasteiger partial charge in [-0.25, -0.2) is 24.4 Å². The molecule has 3 amide bonds. The van der Waals surface area contributed by atoms with E-state index in [0.29, 0.717) is 34.7 Å². The Kier molecular flexibility index (Phi) is 13.1. The number of nitrogens with zero attached hydrogens (tertiary/aromatic N) is 5. The molecule has 6 unspecified atom stereocenters. The van der Waals surface area contributed by atoms with Gasteiger partial charge in [0.2, 0.25) is 11.9 Å². The third-order valence-electron chi connectivity index (χ3n) is 10.7. The summed E-state index contributed by atoms with van der Waals surface area (Å²) in [5, 5.41) is 53.3. The van der Waals surface area contributed by atoms with Crippen molar-refractivity contribution in [2.45, 2.75) is 62.4 Å². The van der Waals surface area contributed by atoms with Gasteiger partial charge in [0, 0.05) is 71.1 Å². The number of anilines is 3. The number of piperazine rings is 1. The predicted molar refractivity (Wildman–Crippen MR) is 232 cm³/mol. The third kappa shape index (κ3) is 9.79. The molecule has 332 valence electrons. The number of hydrogen-bond acceptors (Lipinski definition) is 19. The highest BCUT2D eigenvalue weighted by Gasteiger charge is 2.60. The lowest BCUT2D eigenvalue weighted by Crippen LogP contribution is -2.44. The maximum Gasteiger partial charge on any atom is 0.404 e. The highest BCUT2D eigenvalue weighted by molar-refractivity contribution is 8.76. The minimum absolute atomic E-state index is 0.0194. The van der Waals surface area contributed by atoms with Crippen LogP contribution in [-0.2, 0) is 25.7 Å². The number of carboxylic acid groups (broad SMARTS) is 2. The van der Waals surface area contributed by atoms with E-state index in [1.807, 2.05) is 4.90 Å². The Bertz CT molecular complexity index is 2560. The first kappa shape index (κ1) is 44.2. The summed E-state index contributed by atoms with van der Waals surface area (Å²) in [7, 11) is 2.34. The largest absolute Gasteiger partial charge is 0.505 e. The SMILES string of the molecule is Cc1c(O)c2c(c(O)c1N=CCSSCC(NC(=O)CCC(NC(=O)c1ccc(NCc3cnc4nc(N)[nH]c(=O)c4n3)cc1)C(=O)O)C(=O)O)C(COC(N)=O)C1C3NC3CN21. The molecular formula is C38H42N12O11S2. The number of aromatic nitrogens is 4. The summed E-state index contributed by atoms with van der Waals surface area (Å²) in [6.45, 7) is 2.32. The molecule has 5 heterocycles. The number of H-pyrrole nitrogens is 1. The summed E-state index contributed by atoms with van der Waals surface area (Å²) in [6.07, 6.45) is 1.24. The average molecular weight is 907 g/mol. The van der Waals surface area contributed by atoms with Gasteiger partial charge in [-0.2, -0.15) is 4.98 Å². The molecule has 4 aromatic rings. The third-order valence-corrected chi connectivity index (χ3v) is 12.9. The number of carbonyl (C=O) groups excluding carboxylic acids is 3. The fraction of sp³-hybridized carbons (Fsp3) is 0.368. The number of aliphatic imine (C=N–C) groups is 1. The lowest BCUT2D eigenvalue weighted by Gasteiger charge is -2.25. The number of fused-ring (bicyclic) bond motifs is 6. The number of phenols is 2. The molecule has 2 saturated heterocycles. The molecular weight excluding hydrogens is 865 g/mol. The number of nitrogens with one attached hydrogen (secondary N) is 5. The van der Waals surface area contributed by atoms with Crippen LogP contribution in [0.3, 0.4) is 0 Å². The first-order chi connectivity index (χ1) is 30.1. The van der Waals surface area contributed by atoms with Crippen LogP contribution in [0.4, 0.5) is 27.8 Å². The molecule has 63 heavy (non-hydrogen) atoms. The molecule has 2 aromatic carbocycles. The molecule has 0 aliphatic carbocycles. The lowest BCUT2D eigenvalue weighted by atomic mass is 9.91. The van der Waals surface area contributed by atoms with Crippen LogP contribution in [0.2, 0.25) is 0 Å². The highest BCUT2D eigenvalue weighted by atomic mass is 33.1. The number of benzene rings is 2. The van der Waals surface area contributed by atoms with E-state index in [0.717, 1.165) is 10.8 Å². The second-order valence-corrected chi connectivity index (χ2v) is 17.3. The van der Waals surface area contributed by atoms with Crippen molar-refractivity contribution >= 4 is 91.8 Å². The second kappa shape index (κ2) is 18.6. The normalized spacial score (nSPS) is 19.2. The van der Waals surface area contributed by atoms with Gasteiger partial charge in [-0.3, -0.25) is 24.4 Å². The van der Waals surface area contributed by atoms with Crippen molar-refractivity contribution in [3.05, 3.63) is 63.2 Å². The Morgan fingerprint density at radius 1 is 1.06 bits per heavy atom. The van der Waals surface area contributed by atoms with Gasteiger partial charge in [-0.15, -0.1) is 0 Å². The van der Waals surface area contributed by atoms with Crippen LogP contribution in [0.5, 0.6) is 11.5 Å². The first-order valence-electron chi connectivity index (χ1n) is 19.3. The monoisotopic (exact) mass is 906 g/mol. The number of phenolic OH excluding ortho intramolecular Hbond substituents is 2. The molecule has 0 spiro atoms. The summed E-state index contributed by atoms with van der Waals surface area (Å²) in [6, 6.07) is 3.46. The summed E-state index contributed by atoms with van der Waals surface area (Å²) >= 11 is 0. The average Bonchev–Trinajstić information content (AvgIpc) is 3.79. The van der Waals surface area contributed by atoms with Crippen LogP contribution >= 0.6 is 21.6 Å². The van der Waals surface area contributed by atoms with E-state index in [9.17, 15) is 49.2 Å². The van der Waals surface area contributed by atoms with Crippen LogP contribution in [0, 0.1) is 6.92 Å². The van der Waals surface area contributed by atoms with Crippen molar-refractivity contribution in [3.8, 4) is 11.5 Å². The van der Waals surface area contributed by atoms with E-state index < -0.39 is 59.8 Å². The molecule has 0 saturated carbocycles. The molecule has 23 nitrogen and oxygen atoms in total. The van der Waals surface area contributed by atoms with Gasteiger partial charge in [-0.05, 0) is 37.6 Å². The molecule has 2 aromatic heterocycles. The summed E-state index contributed by atoms with van der Waals surface area (Å²) in [4.78, 5) is 94.2. The molecule has 2 fully saturated rings. The minimum Gasteiger partial charge on any atom is -0.505 e. The Hall–Kier alpha value is -6.86. The fourth-order valence-electron chi connectivity index (χ4n) is 7.62. The van der Waals surface area contributed by atoms with Crippen LogP contribution in [0.15, 0.2) is 40.2 Å². The maximum atomic E-state index is 12.9. The van der Waals surface area contributed by atoms with Crippen LogP contribution in [0.25, 0.3) is 11.2 Å². The number of ether oxygens (including phenoxy) is 1. The lowest BCUT2D eigenvalue weighted by molar-refractivity contribution is -0.142. The predicted octanol–water partition coefficient (Wildman–Crippen LogP) is 0.665. The number of nitrogen functional groups attached to an aromatic ring is 1. The second-order valence-electron chi connectivity index (χ2n) is 14.8. The summed E-state index contributed by atoms with van der Waals surface area (Å²) in [5.41, 5.74) is 12.9. The van der Waals surface area contributed by atoms with E-state index in [-0.39, 0.29) is 89.1 Å². The van der Waals surface area contributed by atoms with Gasteiger partial charge >= 0.3 is 18.0 Å². The Balaban J connectivity index is 0.860. The zero-order valence-corrected chi connectivity index (χ0v) is 34.9. The van der Waals surface area contributed by atoms with E-state index in [1.165, 1.54) is 35.3 Å². The summed E-state index contributed by atoms with van der Waals surface area (Å²) in [5.74, 6) is -4.72. The van der Waals surface area contributed by atoms with Gasteiger partial charge in [-0.1, -0.05) is 21.6 Å². The minimum atomic E-state index is -1.46. The number of rotatable bonds is 19. The number of amides is 3. The van der Waals surface area contributed by atoms with Crippen molar-refractivity contribution < 1.29 is 49.1 Å². The number of primary amides is 1. The smallest absolute Gasteiger partial charge is 0.404 e. The van der Waals surface area contributed by atoms with Crippen LogP contribution in [0.1, 0.15) is 45.9 Å². The molecule has 6 atom stereocenters. The number of carboxylic acids is 2. The van der Waals surface area contributed by atoms with Crippen molar-refractivity contribution in [1.29, 1.82) is 0 Å². The maximum absolute atomic E-state index is 12.9. The molecule has 3 aliphatic rings. The van der Waals surface area contributed by atoms with Crippen LogP contribution in [-0.4, -0.2) is 131 Å². The fourth-order valence-corrected chi connectivity index (χ4v) is 9.47. The van der Waals surface area contributed by atoms with E-state index in [1.54, 1.807) is 19.1 Å². The van der Waals surface area contributed by atoms with Gasteiger partial charge in [0.25, 0.3) is 11.5 Å². The topological polar surface area (TPSA) is 373 Å². The number of nitrogens with two attached hydrogens (primary N) is 2. The standard InChI is InChI=1S/C38H42N12O11S2/c1-15-25(31(53)24-19(13-61-38(40)60)28-26-21(46-26)12-50(28)29(24)30(15)52)41-8-9-62-63-14-22(36(58)59)45-23(51)7-6-20(35(56)57)47-33(54)16-2-4-17(5-3-16)42-10-18-11-43-32-27(44-18)34(55)49-37(39)48-32/h2-5,8,11,19-22,26,28,42,46,52-53H,6-7,9-10,12-14H2,1H3,(H2,40,60)(H,45,51)(H,47,54)(H,56,57)(H,58,59)(H3,39,43,48,49,55). The first-order valence-corrected chi connectivity index (χ1v) is 21.8. The number of aromatic amines is 1. The molecule has 13 N–H and O–H groups in total. The zero-order valence-electron chi connectivity index (χ0n) is 33.2. The number of hydrogen-bond donors (Lipinski definition) is 11. The van der Waals surface area contributed by atoms with E-state index in [2.05, 4.69) is 46.2 Å². The Labute approximate surface area is 364 Å². The number of aromatic hydroxyl groups is 2. The van der Waals surface area contributed by atoms with Gasteiger partial charge in [0.1, 0.15) is 35.9 Å². The van der Waals surface area contributed by atoms with Gasteiger partial charge in [0.05, 0.1) is 30.2 Å².